The molecule has 0 saturated heterocycles. The van der Waals surface area contributed by atoms with E-state index in [1.807, 2.05) is 30.4 Å². The highest BCUT2D eigenvalue weighted by Crippen LogP contribution is 2.31. The van der Waals surface area contributed by atoms with Gasteiger partial charge < -0.3 is 10.5 Å². The van der Waals surface area contributed by atoms with Gasteiger partial charge in [0.25, 0.3) is 0 Å². The minimum absolute atomic E-state index is 0.850. The standard InChI is InChI=1S/C18H19NO/c1-14-8-5-7-11-20-18-12-15(2)16(13-17(14)18)9-4-3-6-10-19/h3-8,10-13H,1,9,19H2,2H3/b4-3-,8-5-,10-6-,11-7-. The van der Waals surface area contributed by atoms with Gasteiger partial charge in [0, 0.05) is 5.56 Å². The van der Waals surface area contributed by atoms with Crippen LogP contribution in [0.4, 0.5) is 0 Å². The Labute approximate surface area is 120 Å². The fourth-order valence-corrected chi connectivity index (χ4v) is 2.05. The van der Waals surface area contributed by atoms with E-state index in [0.717, 1.165) is 23.3 Å². The number of hydrogen-bond acceptors (Lipinski definition) is 2. The molecular weight excluding hydrogens is 246 g/mol. The second-order valence-corrected chi connectivity index (χ2v) is 4.62. The largest absolute Gasteiger partial charge is 0.464 e. The summed E-state index contributed by atoms with van der Waals surface area (Å²) in [4.78, 5) is 0. The average molecular weight is 265 g/mol. The van der Waals surface area contributed by atoms with Crippen LogP contribution in [0.25, 0.3) is 5.57 Å². The number of nitrogens with two attached hydrogens (primary N) is 1. The Morgan fingerprint density at radius 2 is 2.10 bits per heavy atom. The summed E-state index contributed by atoms with van der Waals surface area (Å²) < 4.78 is 5.64. The van der Waals surface area contributed by atoms with Crippen molar-refractivity contribution in [3.05, 3.63) is 84.3 Å². The third-order valence-electron chi connectivity index (χ3n) is 3.16. The number of allylic oxidation sites excluding steroid dienone is 7. The molecule has 1 aliphatic rings. The molecule has 0 atom stereocenters. The fourth-order valence-electron chi connectivity index (χ4n) is 2.05. The van der Waals surface area contributed by atoms with E-state index in [4.69, 9.17) is 10.5 Å². The molecule has 2 rings (SSSR count). The molecule has 2 heteroatoms. The van der Waals surface area contributed by atoms with Gasteiger partial charge in [-0.1, -0.05) is 30.9 Å². The molecule has 0 spiro atoms. The van der Waals surface area contributed by atoms with Crippen LogP contribution in [0.3, 0.4) is 0 Å². The molecule has 2 nitrogen and oxygen atoms in total. The Morgan fingerprint density at radius 1 is 1.25 bits per heavy atom. The Balaban J connectivity index is 2.34. The van der Waals surface area contributed by atoms with E-state index >= 15 is 0 Å². The smallest absolute Gasteiger partial charge is 0.134 e. The Hall–Kier alpha value is -2.48. The Kier molecular flexibility index (Phi) is 4.61. The molecule has 0 aliphatic carbocycles. The van der Waals surface area contributed by atoms with Crippen molar-refractivity contribution in [2.45, 2.75) is 13.3 Å². The Morgan fingerprint density at radius 3 is 2.90 bits per heavy atom. The predicted molar refractivity (Wildman–Crippen MR) is 85.3 cm³/mol. The van der Waals surface area contributed by atoms with Gasteiger partial charge >= 0.3 is 0 Å². The number of fused-ring (bicyclic) bond motifs is 1. The van der Waals surface area contributed by atoms with Crippen LogP contribution >= 0.6 is 0 Å². The van der Waals surface area contributed by atoms with Crippen LogP contribution in [0.1, 0.15) is 16.7 Å². The number of benzene rings is 1. The highest BCUT2D eigenvalue weighted by molar-refractivity contribution is 5.77. The van der Waals surface area contributed by atoms with Gasteiger partial charge in [-0.3, -0.25) is 0 Å². The van der Waals surface area contributed by atoms with Crippen molar-refractivity contribution < 1.29 is 4.74 Å². The summed E-state index contributed by atoms with van der Waals surface area (Å²) >= 11 is 0. The normalized spacial score (nSPS) is 17.6. The van der Waals surface area contributed by atoms with Crippen molar-refractivity contribution in [2.75, 3.05) is 0 Å². The first-order valence-electron chi connectivity index (χ1n) is 6.58. The summed E-state index contributed by atoms with van der Waals surface area (Å²) in [6, 6.07) is 4.21. The van der Waals surface area contributed by atoms with Crippen molar-refractivity contribution in [1.29, 1.82) is 0 Å². The molecule has 102 valence electrons. The molecule has 0 aromatic heterocycles. The van der Waals surface area contributed by atoms with Gasteiger partial charge in [-0.05, 0) is 60.5 Å². The van der Waals surface area contributed by atoms with E-state index < -0.39 is 0 Å². The first-order valence-corrected chi connectivity index (χ1v) is 6.58. The maximum absolute atomic E-state index is 5.64. The zero-order valence-electron chi connectivity index (χ0n) is 11.7. The van der Waals surface area contributed by atoms with Gasteiger partial charge in [-0.2, -0.15) is 0 Å². The summed E-state index contributed by atoms with van der Waals surface area (Å²) in [6.45, 7) is 6.18. The van der Waals surface area contributed by atoms with Crippen LogP contribution in [0.15, 0.2) is 67.6 Å². The SMILES string of the molecule is C=C1/C=C\C=C/Oc2cc(C)c(C/C=C\C=C/N)cc21. The summed E-state index contributed by atoms with van der Waals surface area (Å²) in [6.07, 6.45) is 15.7. The van der Waals surface area contributed by atoms with E-state index in [2.05, 4.69) is 31.7 Å². The third kappa shape index (κ3) is 3.29. The van der Waals surface area contributed by atoms with Gasteiger partial charge in [0.2, 0.25) is 0 Å². The average Bonchev–Trinajstić information content (AvgIpc) is 2.43. The van der Waals surface area contributed by atoms with Crippen molar-refractivity contribution in [2.24, 2.45) is 5.73 Å². The molecule has 1 aliphatic heterocycles. The topological polar surface area (TPSA) is 35.2 Å². The zero-order valence-corrected chi connectivity index (χ0v) is 11.7. The summed E-state index contributed by atoms with van der Waals surface area (Å²) in [5.74, 6) is 0.850. The van der Waals surface area contributed by atoms with E-state index in [1.165, 1.54) is 17.3 Å². The lowest BCUT2D eigenvalue weighted by Crippen LogP contribution is -1.96. The number of aryl methyl sites for hydroxylation is 1. The first kappa shape index (κ1) is 13.9. The molecule has 0 saturated carbocycles. The Bertz CT molecular complexity index is 619. The maximum atomic E-state index is 5.64. The monoisotopic (exact) mass is 265 g/mol. The number of rotatable bonds is 3. The van der Waals surface area contributed by atoms with E-state index in [-0.39, 0.29) is 0 Å². The highest BCUT2D eigenvalue weighted by Gasteiger charge is 2.10. The number of ether oxygens (including phenoxy) is 1. The molecule has 0 bridgehead atoms. The van der Waals surface area contributed by atoms with Gasteiger partial charge in [-0.15, -0.1) is 0 Å². The number of hydrogen-bond donors (Lipinski definition) is 1. The third-order valence-corrected chi connectivity index (χ3v) is 3.16. The quantitative estimate of drug-likeness (QED) is 0.837. The highest BCUT2D eigenvalue weighted by atomic mass is 16.5. The predicted octanol–water partition coefficient (Wildman–Crippen LogP) is 4.04. The van der Waals surface area contributed by atoms with Crippen LogP contribution in [-0.2, 0) is 6.42 Å². The van der Waals surface area contributed by atoms with Crippen LogP contribution in [0.2, 0.25) is 0 Å². The molecule has 1 aromatic carbocycles. The second-order valence-electron chi connectivity index (χ2n) is 4.62. The zero-order chi connectivity index (χ0) is 14.4. The van der Waals surface area contributed by atoms with Gasteiger partial charge in [0.1, 0.15) is 5.75 Å². The van der Waals surface area contributed by atoms with Gasteiger partial charge in [-0.25, -0.2) is 0 Å². The summed E-state index contributed by atoms with van der Waals surface area (Å²) in [5.41, 5.74) is 9.76. The summed E-state index contributed by atoms with van der Waals surface area (Å²) in [5, 5.41) is 0. The van der Waals surface area contributed by atoms with Crippen LogP contribution < -0.4 is 10.5 Å². The van der Waals surface area contributed by atoms with Gasteiger partial charge in [0.05, 0.1) is 6.26 Å². The molecule has 0 unspecified atom stereocenters. The van der Waals surface area contributed by atoms with Crippen molar-refractivity contribution >= 4 is 5.57 Å². The molecule has 0 fully saturated rings. The lowest BCUT2D eigenvalue weighted by Gasteiger charge is -2.14. The minimum Gasteiger partial charge on any atom is -0.464 e. The van der Waals surface area contributed by atoms with Crippen molar-refractivity contribution in [3.8, 4) is 5.75 Å². The van der Waals surface area contributed by atoms with E-state index in [0.29, 0.717) is 0 Å². The van der Waals surface area contributed by atoms with Crippen LogP contribution in [-0.4, -0.2) is 0 Å². The van der Waals surface area contributed by atoms with E-state index in [1.54, 1.807) is 6.26 Å². The summed E-state index contributed by atoms with van der Waals surface area (Å²) in [7, 11) is 0. The lowest BCUT2D eigenvalue weighted by molar-refractivity contribution is 0.479. The fraction of sp³-hybridized carbons (Fsp3) is 0.111. The molecule has 20 heavy (non-hydrogen) atoms. The molecule has 1 aromatic rings. The first-order chi connectivity index (χ1) is 9.72. The van der Waals surface area contributed by atoms with Crippen LogP contribution in [0.5, 0.6) is 5.75 Å². The molecule has 2 N–H and O–H groups in total. The molecule has 0 radical (unpaired) electrons. The molecule has 0 amide bonds. The molecule has 1 heterocycles. The van der Waals surface area contributed by atoms with Crippen LogP contribution in [0, 0.1) is 6.92 Å². The lowest BCUT2D eigenvalue weighted by atomic mass is 9.97. The molecular formula is C18H19NO. The minimum atomic E-state index is 0.850. The van der Waals surface area contributed by atoms with Crippen molar-refractivity contribution in [1.82, 2.24) is 0 Å². The second kappa shape index (κ2) is 6.62. The van der Waals surface area contributed by atoms with Gasteiger partial charge in [0.15, 0.2) is 0 Å². The van der Waals surface area contributed by atoms with Crippen molar-refractivity contribution in [3.63, 3.8) is 0 Å². The maximum Gasteiger partial charge on any atom is 0.134 e. The van der Waals surface area contributed by atoms with E-state index in [9.17, 15) is 0 Å².